The van der Waals surface area contributed by atoms with Crippen LogP contribution in [0.4, 0.5) is 0 Å². The summed E-state index contributed by atoms with van der Waals surface area (Å²) in [6.45, 7) is 6.92. The zero-order valence-electron chi connectivity index (χ0n) is 7.85. The third-order valence-corrected chi connectivity index (χ3v) is 2.79. The molecular weight excluding hydrogens is 167 g/mol. The van der Waals surface area contributed by atoms with Gasteiger partial charge in [0.2, 0.25) is 0 Å². The van der Waals surface area contributed by atoms with Crippen molar-refractivity contribution in [3.8, 4) is 5.75 Å². The van der Waals surface area contributed by atoms with E-state index in [1.807, 2.05) is 6.92 Å². The average Bonchev–Trinajstić information content (AvgIpc) is 2.01. The molecule has 0 saturated carbocycles. The largest absolute Gasteiger partial charge is 0.494 e. The van der Waals surface area contributed by atoms with Crippen LogP contribution in [0.2, 0.25) is 0 Å². The normalized spacial score (nSPS) is 10.0. The Balaban J connectivity index is 3.04. The average molecular weight is 182 g/mol. The molecule has 0 spiro atoms. The first kappa shape index (κ1) is 9.54. The zero-order chi connectivity index (χ0) is 9.14. The molecular formula is C10H15OP. The summed E-state index contributed by atoms with van der Waals surface area (Å²) in [4.78, 5) is 0. The molecule has 2 heteroatoms. The van der Waals surface area contributed by atoms with E-state index in [-0.39, 0.29) is 0 Å². The number of aryl methyl sites for hydroxylation is 2. The lowest BCUT2D eigenvalue weighted by molar-refractivity contribution is 0.340. The maximum Gasteiger partial charge on any atom is 0.119 e. The monoisotopic (exact) mass is 182 g/mol. The molecule has 0 radical (unpaired) electrons. The van der Waals surface area contributed by atoms with Gasteiger partial charge in [-0.2, -0.15) is 0 Å². The smallest absolute Gasteiger partial charge is 0.119 e. The van der Waals surface area contributed by atoms with Gasteiger partial charge in [-0.1, -0.05) is 0 Å². The van der Waals surface area contributed by atoms with Crippen molar-refractivity contribution >= 4 is 14.5 Å². The van der Waals surface area contributed by atoms with Gasteiger partial charge in [0.05, 0.1) is 6.61 Å². The summed E-state index contributed by atoms with van der Waals surface area (Å²) >= 11 is 0. The maximum atomic E-state index is 5.41. The van der Waals surface area contributed by atoms with Crippen molar-refractivity contribution in [2.75, 3.05) is 6.61 Å². The Kier molecular flexibility index (Phi) is 3.11. The fourth-order valence-electron chi connectivity index (χ4n) is 1.18. The molecule has 0 bridgehead atoms. The third kappa shape index (κ3) is 1.98. The van der Waals surface area contributed by atoms with Crippen LogP contribution < -0.4 is 10.0 Å². The summed E-state index contributed by atoms with van der Waals surface area (Å²) in [7, 11) is 2.75. The Morgan fingerprint density at radius 2 is 1.75 bits per heavy atom. The molecule has 0 N–H and O–H groups in total. The first-order chi connectivity index (χ1) is 5.65. The van der Waals surface area contributed by atoms with E-state index in [1.54, 1.807) is 0 Å². The Bertz CT molecular complexity index is 258. The van der Waals surface area contributed by atoms with Crippen LogP contribution in [0, 0.1) is 13.8 Å². The summed E-state index contributed by atoms with van der Waals surface area (Å²) in [6.07, 6.45) is 0. The van der Waals surface area contributed by atoms with Gasteiger partial charge in [0.15, 0.2) is 0 Å². The maximum absolute atomic E-state index is 5.41. The Morgan fingerprint density at radius 3 is 2.17 bits per heavy atom. The third-order valence-electron chi connectivity index (χ3n) is 1.88. The SMILES string of the molecule is CCOc1cc(C)c(P)c(C)c1. The van der Waals surface area contributed by atoms with Gasteiger partial charge in [-0.25, -0.2) is 0 Å². The van der Waals surface area contributed by atoms with Gasteiger partial charge in [-0.3, -0.25) is 0 Å². The van der Waals surface area contributed by atoms with E-state index in [1.165, 1.54) is 16.4 Å². The van der Waals surface area contributed by atoms with Crippen LogP contribution in [0.25, 0.3) is 0 Å². The van der Waals surface area contributed by atoms with Gasteiger partial charge in [0, 0.05) is 0 Å². The van der Waals surface area contributed by atoms with Crippen LogP contribution in [-0.2, 0) is 0 Å². The molecule has 0 amide bonds. The second-order valence-corrected chi connectivity index (χ2v) is 3.48. The Hall–Kier alpha value is -0.550. The minimum atomic E-state index is 0.731. The summed E-state index contributed by atoms with van der Waals surface area (Å²) in [5.74, 6) is 0.971. The molecule has 0 aliphatic heterocycles. The van der Waals surface area contributed by atoms with Crippen LogP contribution >= 0.6 is 9.24 Å². The highest BCUT2D eigenvalue weighted by molar-refractivity contribution is 7.27. The molecule has 1 rings (SSSR count). The number of hydrogen-bond donors (Lipinski definition) is 0. The summed E-state index contributed by atoms with van der Waals surface area (Å²) in [5.41, 5.74) is 2.53. The van der Waals surface area contributed by atoms with E-state index >= 15 is 0 Å². The molecule has 1 unspecified atom stereocenters. The van der Waals surface area contributed by atoms with E-state index in [4.69, 9.17) is 4.74 Å². The lowest BCUT2D eigenvalue weighted by atomic mass is 10.1. The van der Waals surface area contributed by atoms with Gasteiger partial charge in [0.1, 0.15) is 5.75 Å². The number of benzene rings is 1. The van der Waals surface area contributed by atoms with Crippen LogP contribution in [0.3, 0.4) is 0 Å². The first-order valence-electron chi connectivity index (χ1n) is 4.14. The molecule has 1 nitrogen and oxygen atoms in total. The predicted octanol–water partition coefficient (Wildman–Crippen LogP) is 2.20. The first-order valence-corrected chi connectivity index (χ1v) is 4.72. The zero-order valence-corrected chi connectivity index (χ0v) is 9.00. The summed E-state index contributed by atoms with van der Waals surface area (Å²) in [6, 6.07) is 4.14. The number of ether oxygens (including phenoxy) is 1. The summed E-state index contributed by atoms with van der Waals surface area (Å²) < 4.78 is 5.41. The van der Waals surface area contributed by atoms with E-state index in [0.717, 1.165) is 12.4 Å². The van der Waals surface area contributed by atoms with E-state index < -0.39 is 0 Å². The summed E-state index contributed by atoms with van der Waals surface area (Å²) in [5, 5.41) is 1.28. The minimum absolute atomic E-state index is 0.731. The number of rotatable bonds is 2. The van der Waals surface area contributed by atoms with E-state index in [2.05, 4.69) is 35.2 Å². The number of hydrogen-bond acceptors (Lipinski definition) is 1. The van der Waals surface area contributed by atoms with Gasteiger partial charge >= 0.3 is 0 Å². The van der Waals surface area contributed by atoms with E-state index in [9.17, 15) is 0 Å². The highest BCUT2D eigenvalue weighted by Crippen LogP contribution is 2.16. The quantitative estimate of drug-likeness (QED) is 0.637. The van der Waals surface area contributed by atoms with Crippen LogP contribution in [0.15, 0.2) is 12.1 Å². The molecule has 1 atom stereocenters. The molecule has 66 valence electrons. The van der Waals surface area contributed by atoms with Crippen molar-refractivity contribution < 1.29 is 4.74 Å². The molecule has 0 fully saturated rings. The molecule has 1 aromatic rings. The topological polar surface area (TPSA) is 9.23 Å². The van der Waals surface area contributed by atoms with Gasteiger partial charge in [-0.05, 0) is 49.3 Å². The molecule has 0 heterocycles. The second kappa shape index (κ2) is 3.91. The van der Waals surface area contributed by atoms with E-state index in [0.29, 0.717) is 0 Å². The highest BCUT2D eigenvalue weighted by atomic mass is 31.0. The molecule has 0 aromatic heterocycles. The van der Waals surface area contributed by atoms with Crippen molar-refractivity contribution in [3.05, 3.63) is 23.3 Å². The van der Waals surface area contributed by atoms with Crippen molar-refractivity contribution in [1.29, 1.82) is 0 Å². The fraction of sp³-hybridized carbons (Fsp3) is 0.400. The molecule has 0 saturated heterocycles. The van der Waals surface area contributed by atoms with Crippen LogP contribution in [-0.4, -0.2) is 6.61 Å². The van der Waals surface area contributed by atoms with Gasteiger partial charge in [0.25, 0.3) is 0 Å². The minimum Gasteiger partial charge on any atom is -0.494 e. The van der Waals surface area contributed by atoms with Crippen LogP contribution in [0.1, 0.15) is 18.1 Å². The van der Waals surface area contributed by atoms with Crippen molar-refractivity contribution in [3.63, 3.8) is 0 Å². The Morgan fingerprint density at radius 1 is 1.25 bits per heavy atom. The molecule has 0 aliphatic carbocycles. The molecule has 0 aliphatic rings. The van der Waals surface area contributed by atoms with Gasteiger partial charge < -0.3 is 4.74 Å². The lowest BCUT2D eigenvalue weighted by Gasteiger charge is -2.08. The van der Waals surface area contributed by atoms with Gasteiger partial charge in [-0.15, -0.1) is 9.24 Å². The van der Waals surface area contributed by atoms with Crippen molar-refractivity contribution in [2.24, 2.45) is 0 Å². The standard InChI is InChI=1S/C10H15OP/c1-4-11-9-5-7(2)10(12)8(3)6-9/h5-6H,4,12H2,1-3H3. The predicted molar refractivity (Wildman–Crippen MR) is 56.4 cm³/mol. The molecule has 1 aromatic carbocycles. The van der Waals surface area contributed by atoms with Crippen LogP contribution in [0.5, 0.6) is 5.75 Å². The lowest BCUT2D eigenvalue weighted by Crippen LogP contribution is -2.03. The Labute approximate surface area is 76.3 Å². The van der Waals surface area contributed by atoms with Crippen molar-refractivity contribution in [2.45, 2.75) is 20.8 Å². The van der Waals surface area contributed by atoms with Crippen molar-refractivity contribution in [1.82, 2.24) is 0 Å². The fourth-order valence-corrected chi connectivity index (χ4v) is 1.35. The molecule has 12 heavy (non-hydrogen) atoms. The second-order valence-electron chi connectivity index (χ2n) is 2.90. The highest BCUT2D eigenvalue weighted by Gasteiger charge is 2.00.